The second-order valence-electron chi connectivity index (χ2n) is 6.60. The molecule has 2 atom stereocenters. The maximum Gasteiger partial charge on any atom is -0.00164 e. The predicted octanol–water partition coefficient (Wildman–Crippen LogP) is 5.36. The standard InChI is InChI=1S/C22H22/c1-3-7-17(8-4-1)13-21-15-20-12-11-19(21)16-22(20)14-18-9-5-2-6-10-18/h1-10,15-16,19-20H,11-14H2. The summed E-state index contributed by atoms with van der Waals surface area (Å²) in [6.07, 6.45) is 10.1. The summed E-state index contributed by atoms with van der Waals surface area (Å²) in [5, 5.41) is 0. The van der Waals surface area contributed by atoms with E-state index in [4.69, 9.17) is 0 Å². The van der Waals surface area contributed by atoms with E-state index in [1.54, 1.807) is 11.1 Å². The first kappa shape index (κ1) is 13.6. The lowest BCUT2D eigenvalue weighted by molar-refractivity contribution is 0.469. The molecule has 0 radical (unpaired) electrons. The van der Waals surface area contributed by atoms with Crippen molar-refractivity contribution in [1.82, 2.24) is 0 Å². The van der Waals surface area contributed by atoms with Crippen molar-refractivity contribution in [2.45, 2.75) is 25.7 Å². The van der Waals surface area contributed by atoms with Gasteiger partial charge in [0.15, 0.2) is 0 Å². The van der Waals surface area contributed by atoms with Crippen LogP contribution in [0.2, 0.25) is 0 Å². The van der Waals surface area contributed by atoms with Gasteiger partial charge in [0.25, 0.3) is 0 Å². The zero-order valence-corrected chi connectivity index (χ0v) is 12.9. The van der Waals surface area contributed by atoms with Crippen LogP contribution in [0, 0.1) is 11.8 Å². The fourth-order valence-corrected chi connectivity index (χ4v) is 3.92. The van der Waals surface area contributed by atoms with Crippen LogP contribution in [0.1, 0.15) is 24.0 Å². The second-order valence-corrected chi connectivity index (χ2v) is 6.60. The molecular formula is C22H22. The molecule has 2 bridgehead atoms. The molecule has 0 spiro atoms. The number of allylic oxidation sites excluding steroid dienone is 4. The molecule has 0 N–H and O–H groups in total. The quantitative estimate of drug-likeness (QED) is 0.663. The van der Waals surface area contributed by atoms with Crippen molar-refractivity contribution in [3.63, 3.8) is 0 Å². The summed E-state index contributed by atoms with van der Waals surface area (Å²) in [4.78, 5) is 0. The molecule has 22 heavy (non-hydrogen) atoms. The Morgan fingerprint density at radius 1 is 0.591 bits per heavy atom. The SMILES string of the molecule is C1=C(Cc2ccccc2)C2C=C(Cc3ccccc3)C1CC2. The Balaban J connectivity index is 1.50. The number of fused-ring (bicyclic) bond motifs is 1. The highest BCUT2D eigenvalue weighted by Crippen LogP contribution is 2.42. The zero-order valence-electron chi connectivity index (χ0n) is 12.9. The average Bonchev–Trinajstić information content (AvgIpc) is 2.58. The molecule has 0 aromatic heterocycles. The average molecular weight is 286 g/mol. The van der Waals surface area contributed by atoms with E-state index < -0.39 is 0 Å². The van der Waals surface area contributed by atoms with Crippen LogP contribution in [0.25, 0.3) is 0 Å². The molecule has 0 saturated carbocycles. The van der Waals surface area contributed by atoms with Crippen molar-refractivity contribution in [2.75, 3.05) is 0 Å². The van der Waals surface area contributed by atoms with Gasteiger partial charge in [0.2, 0.25) is 0 Å². The highest BCUT2D eigenvalue weighted by Gasteiger charge is 2.29. The molecule has 0 nitrogen and oxygen atoms in total. The first-order valence-corrected chi connectivity index (χ1v) is 8.37. The van der Waals surface area contributed by atoms with Crippen LogP contribution in [0.5, 0.6) is 0 Å². The minimum atomic E-state index is 0.670. The van der Waals surface area contributed by atoms with Crippen LogP contribution in [0.4, 0.5) is 0 Å². The molecule has 2 unspecified atom stereocenters. The number of hydrogen-bond donors (Lipinski definition) is 0. The molecule has 0 saturated heterocycles. The van der Waals surface area contributed by atoms with Crippen LogP contribution in [0.15, 0.2) is 84.0 Å². The highest BCUT2D eigenvalue weighted by atomic mass is 14.3. The molecule has 5 rings (SSSR count). The fourth-order valence-electron chi connectivity index (χ4n) is 3.92. The van der Waals surface area contributed by atoms with Crippen LogP contribution in [-0.4, -0.2) is 0 Å². The summed E-state index contributed by atoms with van der Waals surface area (Å²) in [6.45, 7) is 0. The largest absolute Gasteiger partial charge is 0.0772 e. The summed E-state index contributed by atoms with van der Waals surface area (Å²) >= 11 is 0. The third-order valence-corrected chi connectivity index (χ3v) is 5.07. The van der Waals surface area contributed by atoms with Gasteiger partial charge in [-0.15, -0.1) is 0 Å². The van der Waals surface area contributed by atoms with E-state index in [-0.39, 0.29) is 0 Å². The van der Waals surface area contributed by atoms with Crippen LogP contribution in [0.3, 0.4) is 0 Å². The normalized spacial score (nSPS) is 23.1. The van der Waals surface area contributed by atoms with E-state index in [1.807, 2.05) is 0 Å². The van der Waals surface area contributed by atoms with Gasteiger partial charge in [0.05, 0.1) is 0 Å². The van der Waals surface area contributed by atoms with Gasteiger partial charge in [-0.2, -0.15) is 0 Å². The fraction of sp³-hybridized carbons (Fsp3) is 0.273. The van der Waals surface area contributed by atoms with E-state index in [1.165, 1.54) is 24.0 Å². The molecule has 0 aliphatic heterocycles. The summed E-state index contributed by atoms with van der Waals surface area (Å²) in [5.74, 6) is 1.34. The van der Waals surface area contributed by atoms with E-state index in [0.29, 0.717) is 11.8 Å². The van der Waals surface area contributed by atoms with Crippen molar-refractivity contribution in [1.29, 1.82) is 0 Å². The van der Waals surface area contributed by atoms with Crippen molar-refractivity contribution >= 4 is 0 Å². The monoisotopic (exact) mass is 286 g/mol. The highest BCUT2D eigenvalue weighted by molar-refractivity contribution is 5.37. The summed E-state index contributed by atoms with van der Waals surface area (Å²) < 4.78 is 0. The molecule has 2 aromatic rings. The van der Waals surface area contributed by atoms with E-state index in [2.05, 4.69) is 72.8 Å². The van der Waals surface area contributed by atoms with E-state index >= 15 is 0 Å². The third kappa shape index (κ3) is 2.78. The van der Waals surface area contributed by atoms with Crippen molar-refractivity contribution in [2.24, 2.45) is 11.8 Å². The maximum absolute atomic E-state index is 2.57. The van der Waals surface area contributed by atoms with Gasteiger partial charge in [0.1, 0.15) is 0 Å². The van der Waals surface area contributed by atoms with E-state index in [9.17, 15) is 0 Å². The Morgan fingerprint density at radius 2 is 1.00 bits per heavy atom. The molecule has 0 heterocycles. The van der Waals surface area contributed by atoms with Gasteiger partial charge in [-0.3, -0.25) is 0 Å². The Morgan fingerprint density at radius 3 is 1.36 bits per heavy atom. The molecule has 0 amide bonds. The number of rotatable bonds is 4. The number of hydrogen-bond acceptors (Lipinski definition) is 0. The topological polar surface area (TPSA) is 0 Å². The van der Waals surface area contributed by atoms with Crippen LogP contribution < -0.4 is 0 Å². The van der Waals surface area contributed by atoms with Gasteiger partial charge in [-0.05, 0) is 48.6 Å². The van der Waals surface area contributed by atoms with Gasteiger partial charge in [0, 0.05) is 0 Å². The van der Waals surface area contributed by atoms with Crippen LogP contribution >= 0.6 is 0 Å². The molecule has 3 aliphatic carbocycles. The Bertz CT molecular complexity index is 628. The lowest BCUT2D eigenvalue weighted by atomic mass is 9.70. The molecule has 0 fully saturated rings. The van der Waals surface area contributed by atoms with Crippen molar-refractivity contribution in [3.05, 3.63) is 95.1 Å². The predicted molar refractivity (Wildman–Crippen MR) is 92.7 cm³/mol. The minimum Gasteiger partial charge on any atom is -0.0772 e. The molecule has 110 valence electrons. The Hall–Kier alpha value is -2.08. The Kier molecular flexibility index (Phi) is 3.68. The van der Waals surface area contributed by atoms with Crippen molar-refractivity contribution in [3.8, 4) is 0 Å². The summed E-state index contributed by atoms with van der Waals surface area (Å²) in [6, 6.07) is 21.8. The first-order valence-electron chi connectivity index (χ1n) is 8.37. The Labute approximate surface area is 133 Å². The van der Waals surface area contributed by atoms with Crippen LogP contribution in [-0.2, 0) is 12.8 Å². The van der Waals surface area contributed by atoms with E-state index in [0.717, 1.165) is 12.8 Å². The molecule has 2 aromatic carbocycles. The lowest BCUT2D eigenvalue weighted by Gasteiger charge is -2.35. The van der Waals surface area contributed by atoms with Gasteiger partial charge >= 0.3 is 0 Å². The minimum absolute atomic E-state index is 0.670. The second kappa shape index (κ2) is 5.96. The van der Waals surface area contributed by atoms with Gasteiger partial charge < -0.3 is 0 Å². The molecule has 0 heteroatoms. The first-order chi connectivity index (χ1) is 10.9. The third-order valence-electron chi connectivity index (χ3n) is 5.07. The maximum atomic E-state index is 2.57. The molecular weight excluding hydrogens is 264 g/mol. The summed E-state index contributed by atoms with van der Waals surface area (Å²) in [5.41, 5.74) is 6.16. The van der Waals surface area contributed by atoms with Gasteiger partial charge in [-0.1, -0.05) is 84.0 Å². The smallest absolute Gasteiger partial charge is 0.00164 e. The lowest BCUT2D eigenvalue weighted by Crippen LogP contribution is -2.23. The van der Waals surface area contributed by atoms with Crippen molar-refractivity contribution < 1.29 is 0 Å². The summed E-state index contributed by atoms with van der Waals surface area (Å²) in [7, 11) is 0. The zero-order chi connectivity index (χ0) is 14.8. The number of benzene rings is 2. The van der Waals surface area contributed by atoms with Gasteiger partial charge in [-0.25, -0.2) is 0 Å². The molecule has 3 aliphatic rings.